The van der Waals surface area contributed by atoms with Crippen LogP contribution in [0, 0.1) is 0 Å². The van der Waals surface area contributed by atoms with Crippen molar-refractivity contribution in [1.29, 1.82) is 0 Å². The number of hydrogen-bond donors (Lipinski definition) is 0. The van der Waals surface area contributed by atoms with E-state index in [-0.39, 0.29) is 18.2 Å². The van der Waals surface area contributed by atoms with Gasteiger partial charge in [-0.3, -0.25) is 24.1 Å². The number of rotatable bonds is 3. The van der Waals surface area contributed by atoms with Crippen LogP contribution in [0.25, 0.3) is 0 Å². The van der Waals surface area contributed by atoms with E-state index in [4.69, 9.17) is 0 Å². The Bertz CT molecular complexity index is 945. The molecule has 0 spiro atoms. The molecule has 0 unspecified atom stereocenters. The largest absolute Gasteiger partial charge is 0.310 e. The number of carbonyl (C=O) groups excluding carboxylic acids is 4. The molecule has 0 atom stereocenters. The molecule has 26 heavy (non-hydrogen) atoms. The standard InChI is InChI=1S/C20H16N2O4/c1-12(23)13-6-7-17-14(10-13)8-9-21(17)18(24)11-22-19(25)15-4-2-3-5-16(15)20(22)26/h2-7,10H,8-9,11H2,1H3. The summed E-state index contributed by atoms with van der Waals surface area (Å²) < 4.78 is 0. The molecule has 130 valence electrons. The summed E-state index contributed by atoms with van der Waals surface area (Å²) >= 11 is 0. The number of Topliss-reactive ketones (excluding diaryl/α,β-unsaturated/α-hetero) is 1. The van der Waals surface area contributed by atoms with E-state index in [2.05, 4.69) is 0 Å². The third-order valence-corrected chi connectivity index (χ3v) is 4.85. The molecular weight excluding hydrogens is 332 g/mol. The van der Waals surface area contributed by atoms with Crippen molar-refractivity contribution in [2.45, 2.75) is 13.3 Å². The minimum absolute atomic E-state index is 0.0244. The topological polar surface area (TPSA) is 74.8 Å². The van der Waals surface area contributed by atoms with Gasteiger partial charge in [-0.05, 0) is 49.2 Å². The van der Waals surface area contributed by atoms with Crippen LogP contribution in [0.3, 0.4) is 0 Å². The van der Waals surface area contributed by atoms with E-state index in [0.29, 0.717) is 29.7 Å². The van der Waals surface area contributed by atoms with Crippen molar-refractivity contribution in [2.24, 2.45) is 0 Å². The summed E-state index contributed by atoms with van der Waals surface area (Å²) in [6.07, 6.45) is 0.643. The third-order valence-electron chi connectivity index (χ3n) is 4.85. The highest BCUT2D eigenvalue weighted by molar-refractivity contribution is 6.22. The highest BCUT2D eigenvalue weighted by atomic mass is 16.2. The Labute approximate surface area is 150 Å². The monoisotopic (exact) mass is 348 g/mol. The number of ketones is 1. The molecule has 3 amide bonds. The van der Waals surface area contributed by atoms with Crippen LogP contribution in [-0.4, -0.2) is 41.5 Å². The number of nitrogens with zero attached hydrogens (tertiary/aromatic N) is 2. The third kappa shape index (κ3) is 2.42. The molecule has 4 rings (SSSR count). The lowest BCUT2D eigenvalue weighted by molar-refractivity contribution is -0.118. The van der Waals surface area contributed by atoms with Crippen LogP contribution in [0.2, 0.25) is 0 Å². The van der Waals surface area contributed by atoms with Crippen LogP contribution >= 0.6 is 0 Å². The Morgan fingerprint density at radius 1 is 1.00 bits per heavy atom. The zero-order valence-electron chi connectivity index (χ0n) is 14.2. The first-order chi connectivity index (χ1) is 12.5. The van der Waals surface area contributed by atoms with Gasteiger partial charge in [0.05, 0.1) is 11.1 Å². The van der Waals surface area contributed by atoms with E-state index >= 15 is 0 Å². The maximum absolute atomic E-state index is 12.7. The fourth-order valence-electron chi connectivity index (χ4n) is 3.48. The van der Waals surface area contributed by atoms with Crippen LogP contribution in [0.5, 0.6) is 0 Å². The number of imide groups is 1. The van der Waals surface area contributed by atoms with Crippen LogP contribution in [-0.2, 0) is 11.2 Å². The van der Waals surface area contributed by atoms with E-state index in [9.17, 15) is 19.2 Å². The normalized spacial score (nSPS) is 15.3. The molecule has 0 saturated carbocycles. The first-order valence-electron chi connectivity index (χ1n) is 8.37. The zero-order valence-corrected chi connectivity index (χ0v) is 14.2. The molecule has 2 aromatic rings. The lowest BCUT2D eigenvalue weighted by Gasteiger charge is -2.21. The van der Waals surface area contributed by atoms with Crippen LogP contribution in [0.1, 0.15) is 43.6 Å². The highest BCUT2D eigenvalue weighted by Gasteiger charge is 2.38. The SMILES string of the molecule is CC(=O)c1ccc2c(c1)CCN2C(=O)CN1C(=O)c2ccccc2C1=O. The van der Waals surface area contributed by atoms with Gasteiger partial charge in [-0.1, -0.05) is 12.1 Å². The van der Waals surface area contributed by atoms with Crippen molar-refractivity contribution in [3.63, 3.8) is 0 Å². The van der Waals surface area contributed by atoms with Gasteiger partial charge in [-0.25, -0.2) is 0 Å². The van der Waals surface area contributed by atoms with E-state index in [1.54, 1.807) is 47.4 Å². The fraction of sp³-hybridized carbons (Fsp3) is 0.200. The van der Waals surface area contributed by atoms with Crippen molar-refractivity contribution >= 4 is 29.2 Å². The molecule has 0 aliphatic carbocycles. The molecular formula is C20H16N2O4. The maximum Gasteiger partial charge on any atom is 0.262 e. The molecule has 0 radical (unpaired) electrons. The number of benzene rings is 2. The Balaban J connectivity index is 1.56. The summed E-state index contributed by atoms with van der Waals surface area (Å²) in [7, 11) is 0. The molecule has 2 heterocycles. The van der Waals surface area contributed by atoms with Gasteiger partial charge in [0.25, 0.3) is 11.8 Å². The molecule has 0 N–H and O–H groups in total. The minimum Gasteiger partial charge on any atom is -0.310 e. The Morgan fingerprint density at radius 3 is 2.27 bits per heavy atom. The molecule has 2 aliphatic heterocycles. The molecule has 0 saturated heterocycles. The van der Waals surface area contributed by atoms with Gasteiger partial charge in [-0.2, -0.15) is 0 Å². The van der Waals surface area contributed by atoms with Crippen molar-refractivity contribution in [1.82, 2.24) is 4.90 Å². The van der Waals surface area contributed by atoms with E-state index in [1.165, 1.54) is 6.92 Å². The van der Waals surface area contributed by atoms with Gasteiger partial charge in [0.1, 0.15) is 6.54 Å². The maximum atomic E-state index is 12.7. The number of anilines is 1. The second kappa shape index (κ2) is 5.91. The number of hydrogen-bond acceptors (Lipinski definition) is 4. The zero-order chi connectivity index (χ0) is 18.4. The summed E-state index contributed by atoms with van der Waals surface area (Å²) in [6, 6.07) is 11.8. The van der Waals surface area contributed by atoms with E-state index in [1.807, 2.05) is 0 Å². The number of fused-ring (bicyclic) bond motifs is 2. The van der Waals surface area contributed by atoms with Crippen LogP contribution < -0.4 is 4.90 Å². The summed E-state index contributed by atoms with van der Waals surface area (Å²) in [4.78, 5) is 51.7. The lowest BCUT2D eigenvalue weighted by Crippen LogP contribution is -2.42. The predicted octanol–water partition coefficient (Wildman–Crippen LogP) is 2.07. The van der Waals surface area contributed by atoms with Gasteiger partial charge in [0.2, 0.25) is 5.91 Å². The summed E-state index contributed by atoms with van der Waals surface area (Å²) in [5, 5.41) is 0. The minimum atomic E-state index is -0.440. The van der Waals surface area contributed by atoms with Gasteiger partial charge in [0, 0.05) is 17.8 Å². The molecule has 6 heteroatoms. The second-order valence-electron chi connectivity index (χ2n) is 6.44. The predicted molar refractivity (Wildman–Crippen MR) is 94.3 cm³/mol. The second-order valence-corrected chi connectivity index (χ2v) is 6.44. The molecule has 6 nitrogen and oxygen atoms in total. The van der Waals surface area contributed by atoms with Crippen molar-refractivity contribution < 1.29 is 19.2 Å². The summed E-state index contributed by atoms with van der Waals surface area (Å²) in [6.45, 7) is 1.68. The molecule has 2 aliphatic rings. The Kier molecular flexibility index (Phi) is 3.68. The number of carbonyl (C=O) groups is 4. The molecule has 0 fully saturated rings. The van der Waals surface area contributed by atoms with Gasteiger partial charge >= 0.3 is 0 Å². The first kappa shape index (κ1) is 16.2. The Morgan fingerprint density at radius 2 is 1.65 bits per heavy atom. The van der Waals surface area contributed by atoms with Crippen molar-refractivity contribution in [3.05, 3.63) is 64.7 Å². The van der Waals surface area contributed by atoms with Gasteiger partial charge < -0.3 is 4.90 Å². The average Bonchev–Trinajstić information content (AvgIpc) is 3.16. The molecule has 0 aromatic heterocycles. The van der Waals surface area contributed by atoms with Crippen molar-refractivity contribution in [2.75, 3.05) is 18.0 Å². The smallest absolute Gasteiger partial charge is 0.262 e. The Hall–Kier alpha value is -3.28. The quantitative estimate of drug-likeness (QED) is 0.629. The number of amides is 3. The summed E-state index contributed by atoms with van der Waals surface area (Å²) in [5.74, 6) is -1.21. The van der Waals surface area contributed by atoms with Gasteiger partial charge in [0.15, 0.2) is 5.78 Å². The average molecular weight is 348 g/mol. The van der Waals surface area contributed by atoms with E-state index in [0.717, 1.165) is 16.2 Å². The highest BCUT2D eigenvalue weighted by Crippen LogP contribution is 2.30. The van der Waals surface area contributed by atoms with E-state index < -0.39 is 11.8 Å². The summed E-state index contributed by atoms with van der Waals surface area (Å²) in [5.41, 5.74) is 2.93. The lowest BCUT2D eigenvalue weighted by atomic mass is 10.1. The van der Waals surface area contributed by atoms with Crippen LogP contribution in [0.15, 0.2) is 42.5 Å². The fourth-order valence-corrected chi connectivity index (χ4v) is 3.48. The molecule has 2 aromatic carbocycles. The van der Waals surface area contributed by atoms with Crippen molar-refractivity contribution in [3.8, 4) is 0 Å². The molecule has 0 bridgehead atoms. The van der Waals surface area contributed by atoms with Gasteiger partial charge in [-0.15, -0.1) is 0 Å². The van der Waals surface area contributed by atoms with Crippen LogP contribution in [0.4, 0.5) is 5.69 Å². The first-order valence-corrected chi connectivity index (χ1v) is 8.37.